The lowest BCUT2D eigenvalue weighted by Gasteiger charge is -2.17. The highest BCUT2D eigenvalue weighted by molar-refractivity contribution is 6.30. The smallest absolute Gasteiger partial charge is 0.220 e. The standard InChI is InChI=1S/C20H24ClNO2/c1-3-19(16-8-6-15(2)7-9-16)22-20(23)5-4-14-24-18-12-10-17(21)11-13-18/h6-13,19H,3-5,14H2,1-2H3,(H,22,23)/t19-/m0/s1. The monoisotopic (exact) mass is 345 g/mol. The van der Waals surface area contributed by atoms with Crippen molar-refractivity contribution in [1.82, 2.24) is 5.32 Å². The topological polar surface area (TPSA) is 38.3 Å². The maximum Gasteiger partial charge on any atom is 0.220 e. The van der Waals surface area contributed by atoms with Gasteiger partial charge in [-0.1, -0.05) is 48.4 Å². The van der Waals surface area contributed by atoms with Gasteiger partial charge in [-0.15, -0.1) is 0 Å². The minimum Gasteiger partial charge on any atom is -0.494 e. The van der Waals surface area contributed by atoms with Crippen molar-refractivity contribution < 1.29 is 9.53 Å². The first kappa shape index (κ1) is 18.3. The zero-order chi connectivity index (χ0) is 17.4. The van der Waals surface area contributed by atoms with E-state index in [9.17, 15) is 4.79 Å². The average Bonchev–Trinajstić information content (AvgIpc) is 2.59. The Morgan fingerprint density at radius 2 is 1.79 bits per heavy atom. The van der Waals surface area contributed by atoms with E-state index in [1.54, 1.807) is 12.1 Å². The van der Waals surface area contributed by atoms with Crippen molar-refractivity contribution in [1.29, 1.82) is 0 Å². The quantitative estimate of drug-likeness (QED) is 0.678. The minimum absolute atomic E-state index is 0.0575. The third-order valence-electron chi connectivity index (χ3n) is 3.85. The van der Waals surface area contributed by atoms with Crippen molar-refractivity contribution in [2.75, 3.05) is 6.61 Å². The Hall–Kier alpha value is -2.00. The molecule has 2 aromatic carbocycles. The molecule has 1 amide bonds. The number of carbonyl (C=O) groups is 1. The molecule has 0 fully saturated rings. The van der Waals surface area contributed by atoms with Crippen LogP contribution in [0.2, 0.25) is 5.02 Å². The van der Waals surface area contributed by atoms with E-state index in [0.717, 1.165) is 17.7 Å². The number of halogens is 1. The van der Waals surface area contributed by atoms with Gasteiger partial charge in [-0.25, -0.2) is 0 Å². The summed E-state index contributed by atoms with van der Waals surface area (Å²) < 4.78 is 5.60. The molecule has 0 aliphatic rings. The molecule has 0 saturated heterocycles. The summed E-state index contributed by atoms with van der Waals surface area (Å²) in [6.45, 7) is 4.65. The van der Waals surface area contributed by atoms with Gasteiger partial charge in [-0.2, -0.15) is 0 Å². The molecule has 2 rings (SSSR count). The number of nitrogens with one attached hydrogen (secondary N) is 1. The summed E-state index contributed by atoms with van der Waals surface area (Å²) in [6.07, 6.45) is 2.00. The lowest BCUT2D eigenvalue weighted by atomic mass is 10.0. The van der Waals surface area contributed by atoms with E-state index in [1.807, 2.05) is 12.1 Å². The largest absolute Gasteiger partial charge is 0.494 e. The van der Waals surface area contributed by atoms with Crippen LogP contribution < -0.4 is 10.1 Å². The molecule has 0 saturated carbocycles. The van der Waals surface area contributed by atoms with Crippen LogP contribution in [0.4, 0.5) is 0 Å². The third kappa shape index (κ3) is 5.89. The van der Waals surface area contributed by atoms with Gasteiger partial charge in [-0.3, -0.25) is 4.79 Å². The molecule has 24 heavy (non-hydrogen) atoms. The molecule has 0 unspecified atom stereocenters. The molecule has 0 aliphatic carbocycles. The second-order valence-electron chi connectivity index (χ2n) is 5.84. The summed E-state index contributed by atoms with van der Waals surface area (Å²) in [6, 6.07) is 15.6. The predicted octanol–water partition coefficient (Wildman–Crippen LogP) is 5.07. The summed E-state index contributed by atoms with van der Waals surface area (Å²) >= 11 is 5.83. The number of rotatable bonds is 8. The Balaban J connectivity index is 1.73. The van der Waals surface area contributed by atoms with Crippen LogP contribution in [0.5, 0.6) is 5.75 Å². The highest BCUT2D eigenvalue weighted by Gasteiger charge is 2.12. The highest BCUT2D eigenvalue weighted by Crippen LogP contribution is 2.18. The van der Waals surface area contributed by atoms with Gasteiger partial charge in [0.1, 0.15) is 5.75 Å². The van der Waals surface area contributed by atoms with E-state index in [-0.39, 0.29) is 11.9 Å². The Morgan fingerprint density at radius 3 is 2.42 bits per heavy atom. The number of carbonyl (C=O) groups excluding carboxylic acids is 1. The van der Waals surface area contributed by atoms with E-state index >= 15 is 0 Å². The molecule has 0 aromatic heterocycles. The molecule has 2 aromatic rings. The summed E-state index contributed by atoms with van der Waals surface area (Å²) in [7, 11) is 0. The van der Waals surface area contributed by atoms with Crippen molar-refractivity contribution in [3.8, 4) is 5.75 Å². The second kappa shape index (κ2) is 9.33. The molecule has 1 N–H and O–H groups in total. The Labute approximate surface area is 149 Å². The molecule has 0 bridgehead atoms. The Kier molecular flexibility index (Phi) is 7.13. The summed E-state index contributed by atoms with van der Waals surface area (Å²) in [5.74, 6) is 0.827. The van der Waals surface area contributed by atoms with Gasteiger partial charge in [0.2, 0.25) is 5.91 Å². The van der Waals surface area contributed by atoms with Gasteiger partial charge in [0.15, 0.2) is 0 Å². The van der Waals surface area contributed by atoms with Crippen LogP contribution in [-0.2, 0) is 4.79 Å². The van der Waals surface area contributed by atoms with Crippen molar-refractivity contribution >= 4 is 17.5 Å². The first-order valence-corrected chi connectivity index (χ1v) is 8.70. The molecular formula is C20H24ClNO2. The van der Waals surface area contributed by atoms with E-state index in [4.69, 9.17) is 16.3 Å². The Morgan fingerprint density at radius 1 is 1.12 bits per heavy atom. The van der Waals surface area contributed by atoms with Crippen LogP contribution >= 0.6 is 11.6 Å². The van der Waals surface area contributed by atoms with Gasteiger partial charge >= 0.3 is 0 Å². The fraction of sp³-hybridized carbons (Fsp3) is 0.350. The molecule has 0 spiro atoms. The van der Waals surface area contributed by atoms with Crippen molar-refractivity contribution in [3.05, 3.63) is 64.7 Å². The summed E-state index contributed by atoms with van der Waals surface area (Å²) in [5.41, 5.74) is 2.37. The minimum atomic E-state index is 0.0575. The lowest BCUT2D eigenvalue weighted by Crippen LogP contribution is -2.28. The third-order valence-corrected chi connectivity index (χ3v) is 4.11. The number of benzene rings is 2. The molecule has 4 heteroatoms. The van der Waals surface area contributed by atoms with Crippen LogP contribution in [0, 0.1) is 6.92 Å². The van der Waals surface area contributed by atoms with E-state index < -0.39 is 0 Å². The van der Waals surface area contributed by atoms with Crippen LogP contribution in [0.15, 0.2) is 48.5 Å². The Bertz CT molecular complexity index is 638. The zero-order valence-electron chi connectivity index (χ0n) is 14.2. The molecule has 3 nitrogen and oxygen atoms in total. The molecule has 0 radical (unpaired) electrons. The summed E-state index contributed by atoms with van der Waals surface area (Å²) in [4.78, 5) is 12.1. The van der Waals surface area contributed by atoms with Gasteiger partial charge in [0, 0.05) is 11.4 Å². The predicted molar refractivity (Wildman–Crippen MR) is 98.5 cm³/mol. The maximum absolute atomic E-state index is 12.1. The fourth-order valence-electron chi connectivity index (χ4n) is 2.44. The molecular weight excluding hydrogens is 322 g/mol. The SMILES string of the molecule is CC[C@H](NC(=O)CCCOc1ccc(Cl)cc1)c1ccc(C)cc1. The normalized spacial score (nSPS) is 11.8. The van der Waals surface area contributed by atoms with Gasteiger partial charge < -0.3 is 10.1 Å². The van der Waals surface area contributed by atoms with Crippen molar-refractivity contribution in [3.63, 3.8) is 0 Å². The van der Waals surface area contributed by atoms with Gasteiger partial charge in [0.05, 0.1) is 12.6 Å². The average molecular weight is 346 g/mol. The second-order valence-corrected chi connectivity index (χ2v) is 6.28. The van der Waals surface area contributed by atoms with Gasteiger partial charge in [-0.05, 0) is 49.6 Å². The first-order chi connectivity index (χ1) is 11.6. The summed E-state index contributed by atoms with van der Waals surface area (Å²) in [5, 5.41) is 3.78. The first-order valence-electron chi connectivity index (χ1n) is 8.32. The van der Waals surface area contributed by atoms with Crippen LogP contribution in [0.1, 0.15) is 43.4 Å². The number of ether oxygens (including phenoxy) is 1. The lowest BCUT2D eigenvalue weighted by molar-refractivity contribution is -0.122. The number of amides is 1. The molecule has 1 atom stereocenters. The van der Waals surface area contributed by atoms with Crippen LogP contribution in [-0.4, -0.2) is 12.5 Å². The van der Waals surface area contributed by atoms with E-state index in [2.05, 4.69) is 43.4 Å². The number of aryl methyl sites for hydroxylation is 1. The maximum atomic E-state index is 12.1. The fourth-order valence-corrected chi connectivity index (χ4v) is 2.57. The number of hydrogen-bond donors (Lipinski definition) is 1. The van der Waals surface area contributed by atoms with Crippen LogP contribution in [0.25, 0.3) is 0 Å². The number of hydrogen-bond acceptors (Lipinski definition) is 2. The van der Waals surface area contributed by atoms with E-state index in [0.29, 0.717) is 24.5 Å². The zero-order valence-corrected chi connectivity index (χ0v) is 15.0. The molecule has 128 valence electrons. The van der Waals surface area contributed by atoms with Crippen molar-refractivity contribution in [2.24, 2.45) is 0 Å². The molecule has 0 aliphatic heterocycles. The van der Waals surface area contributed by atoms with Crippen LogP contribution in [0.3, 0.4) is 0 Å². The van der Waals surface area contributed by atoms with E-state index in [1.165, 1.54) is 5.56 Å². The van der Waals surface area contributed by atoms with Crippen molar-refractivity contribution in [2.45, 2.75) is 39.2 Å². The highest BCUT2D eigenvalue weighted by atomic mass is 35.5. The molecule has 0 heterocycles. The van der Waals surface area contributed by atoms with Gasteiger partial charge in [0.25, 0.3) is 0 Å².